The van der Waals surface area contributed by atoms with Crippen molar-refractivity contribution in [3.05, 3.63) is 29.8 Å². The van der Waals surface area contributed by atoms with Gasteiger partial charge in [-0.1, -0.05) is 32.9 Å². The molecule has 3 nitrogen and oxygen atoms in total. The maximum Gasteiger partial charge on any atom is 0.223 e. The van der Waals surface area contributed by atoms with E-state index < -0.39 is 0 Å². The number of nitrogens with two attached hydrogens (primary N) is 1. The molecule has 0 radical (unpaired) electrons. The van der Waals surface area contributed by atoms with Crippen molar-refractivity contribution in [2.45, 2.75) is 52.0 Å². The minimum atomic E-state index is 0.220. The van der Waals surface area contributed by atoms with Crippen LogP contribution in [0, 0.1) is 0 Å². The van der Waals surface area contributed by atoms with Crippen LogP contribution in [0.4, 0.5) is 5.69 Å². The lowest BCUT2D eigenvalue weighted by Gasteiger charge is -2.27. The number of benzene rings is 1. The smallest absolute Gasteiger partial charge is 0.223 e. The molecule has 1 unspecified atom stereocenters. The number of carbonyl (C=O) groups is 1. The summed E-state index contributed by atoms with van der Waals surface area (Å²) in [4.78, 5) is 14.2. The first kappa shape index (κ1) is 15.5. The Labute approximate surface area is 116 Å². The van der Waals surface area contributed by atoms with E-state index in [0.717, 1.165) is 18.5 Å². The van der Waals surface area contributed by atoms with Gasteiger partial charge in [-0.2, -0.15) is 0 Å². The molecule has 1 rings (SSSR count). The Morgan fingerprint density at radius 3 is 2.21 bits per heavy atom. The summed E-state index contributed by atoms with van der Waals surface area (Å²) in [5.41, 5.74) is 7.60. The molecule has 0 aromatic heterocycles. The number of hydrogen-bond acceptors (Lipinski definition) is 2. The van der Waals surface area contributed by atoms with Gasteiger partial charge in [-0.3, -0.25) is 4.79 Å². The summed E-state index contributed by atoms with van der Waals surface area (Å²) >= 11 is 0. The van der Waals surface area contributed by atoms with Crippen LogP contribution in [0.5, 0.6) is 0 Å². The van der Waals surface area contributed by atoms with Gasteiger partial charge in [0.2, 0.25) is 5.91 Å². The monoisotopic (exact) mass is 262 g/mol. The molecule has 0 heterocycles. The lowest BCUT2D eigenvalue weighted by Crippen LogP contribution is -2.36. The van der Waals surface area contributed by atoms with Gasteiger partial charge in [0.25, 0.3) is 0 Å². The number of carbonyl (C=O) groups excluding carboxylic acids is 1. The Hall–Kier alpha value is -1.51. The molecule has 0 spiro atoms. The van der Waals surface area contributed by atoms with Crippen LogP contribution in [-0.2, 0) is 4.79 Å². The molecule has 0 aliphatic rings. The van der Waals surface area contributed by atoms with E-state index >= 15 is 0 Å². The molecule has 0 saturated heterocycles. The number of amides is 1. The SMILES string of the molecule is CCC(CC)N(C)C(=O)CC(C)c1ccc(N)cc1. The van der Waals surface area contributed by atoms with Crippen molar-refractivity contribution in [1.29, 1.82) is 0 Å². The van der Waals surface area contributed by atoms with Crippen LogP contribution in [0.3, 0.4) is 0 Å². The highest BCUT2D eigenvalue weighted by Crippen LogP contribution is 2.21. The van der Waals surface area contributed by atoms with Gasteiger partial charge >= 0.3 is 0 Å². The largest absolute Gasteiger partial charge is 0.399 e. The Kier molecular flexibility index (Phi) is 5.87. The fourth-order valence-corrected chi connectivity index (χ4v) is 2.39. The van der Waals surface area contributed by atoms with E-state index in [1.165, 1.54) is 5.56 Å². The van der Waals surface area contributed by atoms with Crippen LogP contribution in [-0.4, -0.2) is 23.9 Å². The highest BCUT2D eigenvalue weighted by atomic mass is 16.2. The third-order valence-corrected chi connectivity index (χ3v) is 3.87. The first-order chi connectivity index (χ1) is 8.99. The van der Waals surface area contributed by atoms with Crippen molar-refractivity contribution >= 4 is 11.6 Å². The topological polar surface area (TPSA) is 46.3 Å². The van der Waals surface area contributed by atoms with E-state index in [1.807, 2.05) is 36.2 Å². The Bertz CT molecular complexity index is 396. The average molecular weight is 262 g/mol. The van der Waals surface area contributed by atoms with E-state index in [2.05, 4.69) is 20.8 Å². The van der Waals surface area contributed by atoms with Gasteiger partial charge in [0, 0.05) is 25.2 Å². The highest BCUT2D eigenvalue weighted by molar-refractivity contribution is 5.77. The maximum absolute atomic E-state index is 12.3. The molecule has 0 aliphatic carbocycles. The fraction of sp³-hybridized carbons (Fsp3) is 0.562. The fourth-order valence-electron chi connectivity index (χ4n) is 2.39. The third kappa shape index (κ3) is 4.27. The summed E-state index contributed by atoms with van der Waals surface area (Å²) in [6.45, 7) is 6.34. The molecule has 0 fully saturated rings. The molecular formula is C16H26N2O. The van der Waals surface area contributed by atoms with Crippen LogP contribution in [0.2, 0.25) is 0 Å². The number of nitrogen functional groups attached to an aromatic ring is 1. The second-order valence-electron chi connectivity index (χ2n) is 5.25. The van der Waals surface area contributed by atoms with Gasteiger partial charge in [0.05, 0.1) is 0 Å². The van der Waals surface area contributed by atoms with Gasteiger partial charge in [-0.25, -0.2) is 0 Å². The third-order valence-electron chi connectivity index (χ3n) is 3.87. The number of rotatable bonds is 6. The second kappa shape index (κ2) is 7.17. The van der Waals surface area contributed by atoms with Crippen LogP contribution in [0.25, 0.3) is 0 Å². The van der Waals surface area contributed by atoms with Gasteiger partial charge in [-0.05, 0) is 36.5 Å². The molecule has 2 N–H and O–H groups in total. The Morgan fingerprint density at radius 1 is 1.21 bits per heavy atom. The van der Waals surface area contributed by atoms with Crippen LogP contribution < -0.4 is 5.73 Å². The molecule has 0 bridgehead atoms. The van der Waals surface area contributed by atoms with Crippen LogP contribution >= 0.6 is 0 Å². The van der Waals surface area contributed by atoms with Gasteiger partial charge in [0.1, 0.15) is 0 Å². The van der Waals surface area contributed by atoms with Crippen molar-refractivity contribution in [3.63, 3.8) is 0 Å². The molecular weight excluding hydrogens is 236 g/mol. The summed E-state index contributed by atoms with van der Waals surface area (Å²) < 4.78 is 0. The second-order valence-corrected chi connectivity index (χ2v) is 5.25. The standard InChI is InChI=1S/C16H26N2O/c1-5-15(6-2)18(4)16(19)11-12(3)13-7-9-14(17)10-8-13/h7-10,12,15H,5-6,11,17H2,1-4H3. The summed E-state index contributed by atoms with van der Waals surface area (Å²) in [6, 6.07) is 8.14. The molecule has 106 valence electrons. The van der Waals surface area contributed by atoms with Crippen LogP contribution in [0.1, 0.15) is 51.5 Å². The number of hydrogen-bond donors (Lipinski definition) is 1. The molecule has 1 aromatic rings. The van der Waals surface area contributed by atoms with Crippen molar-refractivity contribution in [3.8, 4) is 0 Å². The lowest BCUT2D eigenvalue weighted by molar-refractivity contribution is -0.132. The molecule has 3 heteroatoms. The van der Waals surface area contributed by atoms with E-state index in [4.69, 9.17) is 5.73 Å². The van der Waals surface area contributed by atoms with Crippen molar-refractivity contribution in [1.82, 2.24) is 4.90 Å². The lowest BCUT2D eigenvalue weighted by atomic mass is 9.96. The number of anilines is 1. The van der Waals surface area contributed by atoms with E-state index in [1.54, 1.807) is 0 Å². The number of nitrogens with zero attached hydrogens (tertiary/aromatic N) is 1. The van der Waals surface area contributed by atoms with Crippen LogP contribution in [0.15, 0.2) is 24.3 Å². The predicted molar refractivity (Wildman–Crippen MR) is 81.0 cm³/mol. The Balaban J connectivity index is 2.63. The summed E-state index contributed by atoms with van der Waals surface area (Å²) in [6.07, 6.45) is 2.57. The highest BCUT2D eigenvalue weighted by Gasteiger charge is 2.19. The first-order valence-corrected chi connectivity index (χ1v) is 7.10. The maximum atomic E-state index is 12.3. The average Bonchev–Trinajstić information content (AvgIpc) is 2.40. The molecule has 0 aliphatic heterocycles. The van der Waals surface area contributed by atoms with Gasteiger partial charge in [-0.15, -0.1) is 0 Å². The van der Waals surface area contributed by atoms with E-state index in [9.17, 15) is 4.79 Å². The zero-order valence-corrected chi connectivity index (χ0v) is 12.5. The van der Waals surface area contributed by atoms with Crippen molar-refractivity contribution < 1.29 is 4.79 Å². The summed E-state index contributed by atoms with van der Waals surface area (Å²) in [5.74, 6) is 0.447. The minimum Gasteiger partial charge on any atom is -0.399 e. The summed E-state index contributed by atoms with van der Waals surface area (Å²) in [5, 5.41) is 0. The van der Waals surface area contributed by atoms with E-state index in [0.29, 0.717) is 12.5 Å². The quantitative estimate of drug-likeness (QED) is 0.799. The molecule has 0 saturated carbocycles. The van der Waals surface area contributed by atoms with E-state index in [-0.39, 0.29) is 11.8 Å². The first-order valence-electron chi connectivity index (χ1n) is 7.10. The Morgan fingerprint density at radius 2 is 1.74 bits per heavy atom. The predicted octanol–water partition coefficient (Wildman–Crippen LogP) is 3.41. The van der Waals surface area contributed by atoms with Gasteiger partial charge in [0.15, 0.2) is 0 Å². The zero-order chi connectivity index (χ0) is 14.4. The van der Waals surface area contributed by atoms with Crippen molar-refractivity contribution in [2.24, 2.45) is 0 Å². The minimum absolute atomic E-state index is 0.220. The molecule has 19 heavy (non-hydrogen) atoms. The summed E-state index contributed by atoms with van der Waals surface area (Å²) in [7, 11) is 1.91. The molecule has 1 aromatic carbocycles. The molecule has 1 amide bonds. The van der Waals surface area contributed by atoms with Gasteiger partial charge < -0.3 is 10.6 Å². The zero-order valence-electron chi connectivity index (χ0n) is 12.5. The normalized spacial score (nSPS) is 12.5. The molecule has 1 atom stereocenters. The van der Waals surface area contributed by atoms with Crippen molar-refractivity contribution in [2.75, 3.05) is 12.8 Å².